The molecule has 1 unspecified atom stereocenters. The summed E-state index contributed by atoms with van der Waals surface area (Å²) in [5.74, 6) is -0.197. The number of halogens is 2. The van der Waals surface area contributed by atoms with Gasteiger partial charge in [0.2, 0.25) is 15.9 Å². The molecule has 3 aromatic carbocycles. The number of benzene rings is 3. The first-order valence-corrected chi connectivity index (χ1v) is 15.5. The monoisotopic (exact) mass is 632 g/mol. The van der Waals surface area contributed by atoms with Crippen molar-refractivity contribution < 1.29 is 27.5 Å². The largest absolute Gasteiger partial charge is 0.482 e. The molecule has 2 heterocycles. The maximum atomic E-state index is 13.4. The van der Waals surface area contributed by atoms with Gasteiger partial charge < -0.3 is 14.4 Å². The average Bonchev–Trinajstić information content (AvgIpc) is 2.98. The number of morpholine rings is 1. The topological polar surface area (TPSA) is 122 Å². The number of anilines is 1. The van der Waals surface area contributed by atoms with Crippen LogP contribution in [0.2, 0.25) is 10.0 Å². The van der Waals surface area contributed by atoms with Crippen molar-refractivity contribution in [2.75, 3.05) is 57.9 Å². The minimum atomic E-state index is -3.77. The molecule has 222 valence electrons. The lowest BCUT2D eigenvalue weighted by molar-refractivity contribution is -0.131. The van der Waals surface area contributed by atoms with Crippen molar-refractivity contribution in [3.8, 4) is 16.9 Å². The van der Waals surface area contributed by atoms with E-state index in [-0.39, 0.29) is 40.9 Å². The number of sulfonamides is 1. The number of nitrogens with zero attached hydrogens (tertiary/aromatic N) is 3. The summed E-state index contributed by atoms with van der Waals surface area (Å²) in [6.07, 6.45) is 0. The number of carbonyl (C=O) groups excluding carboxylic acids is 2. The zero-order valence-electron chi connectivity index (χ0n) is 22.8. The van der Waals surface area contributed by atoms with Gasteiger partial charge in [-0.1, -0.05) is 59.6 Å². The number of amides is 2. The summed E-state index contributed by atoms with van der Waals surface area (Å²) in [5.41, 5.74) is 3.17. The van der Waals surface area contributed by atoms with Gasteiger partial charge in [0, 0.05) is 32.7 Å². The van der Waals surface area contributed by atoms with Crippen LogP contribution in [0.15, 0.2) is 65.6 Å². The van der Waals surface area contributed by atoms with Crippen LogP contribution in [0.25, 0.3) is 11.1 Å². The molecule has 2 N–H and O–H groups in total. The number of carbonyl (C=O) groups is 2. The SMILES string of the molecule is CN(CC(c1ccc(-c2ccc(S(N)(=O)=O)cc2)cc1)N1CCOCC1)C(=O)CN1C(=O)COc2cc(Cl)c(Cl)cc21. The van der Waals surface area contributed by atoms with Gasteiger partial charge in [0.15, 0.2) is 6.61 Å². The maximum absolute atomic E-state index is 13.4. The number of nitrogens with two attached hydrogens (primary N) is 1. The highest BCUT2D eigenvalue weighted by Crippen LogP contribution is 2.39. The van der Waals surface area contributed by atoms with E-state index in [0.29, 0.717) is 49.3 Å². The molecule has 3 aromatic rings. The van der Waals surface area contributed by atoms with Crippen molar-refractivity contribution in [1.82, 2.24) is 9.80 Å². The molecular weight excluding hydrogens is 603 g/mol. The predicted molar refractivity (Wildman–Crippen MR) is 160 cm³/mol. The fourth-order valence-corrected chi connectivity index (χ4v) is 5.87. The van der Waals surface area contributed by atoms with E-state index in [2.05, 4.69) is 4.90 Å². The molecular formula is C29H30Cl2N4O6S. The minimum Gasteiger partial charge on any atom is -0.482 e. The quantitative estimate of drug-likeness (QED) is 0.403. The van der Waals surface area contributed by atoms with Crippen LogP contribution in [0.5, 0.6) is 5.75 Å². The molecule has 0 bridgehead atoms. The Labute approximate surface area is 254 Å². The standard InChI is InChI=1S/C29H30Cl2N4O6S/c1-33(28(36)17-35-25-14-23(30)24(31)15-27(25)41-18-29(35)37)16-26(34-10-12-40-13-11-34)21-4-2-19(3-5-21)20-6-8-22(9-7-20)42(32,38)39/h2-9,14-15,26H,10-13,16-18H2,1H3,(H2,32,38,39). The van der Waals surface area contributed by atoms with E-state index in [4.69, 9.17) is 37.8 Å². The number of hydrogen-bond donors (Lipinski definition) is 1. The average molecular weight is 634 g/mol. The van der Waals surface area contributed by atoms with Gasteiger partial charge in [-0.15, -0.1) is 0 Å². The molecule has 2 amide bonds. The fraction of sp³-hybridized carbons (Fsp3) is 0.310. The van der Waals surface area contributed by atoms with Crippen molar-refractivity contribution >= 4 is 50.7 Å². The maximum Gasteiger partial charge on any atom is 0.265 e. The van der Waals surface area contributed by atoms with E-state index in [1.54, 1.807) is 30.1 Å². The molecule has 2 aliphatic heterocycles. The third kappa shape index (κ3) is 6.72. The van der Waals surface area contributed by atoms with E-state index in [1.165, 1.54) is 23.1 Å². The molecule has 1 saturated heterocycles. The van der Waals surface area contributed by atoms with Crippen LogP contribution in [0.4, 0.5) is 5.69 Å². The first-order chi connectivity index (χ1) is 20.0. The van der Waals surface area contributed by atoms with Gasteiger partial charge in [-0.25, -0.2) is 13.6 Å². The van der Waals surface area contributed by atoms with E-state index in [1.807, 2.05) is 24.3 Å². The number of fused-ring (bicyclic) bond motifs is 1. The van der Waals surface area contributed by atoms with Crippen molar-refractivity contribution in [3.05, 3.63) is 76.3 Å². The molecule has 2 aliphatic rings. The molecule has 13 heteroatoms. The molecule has 0 saturated carbocycles. The Morgan fingerprint density at radius 2 is 1.60 bits per heavy atom. The van der Waals surface area contributed by atoms with Crippen LogP contribution in [-0.2, 0) is 24.3 Å². The lowest BCUT2D eigenvalue weighted by atomic mass is 9.99. The normalized spacial score (nSPS) is 16.5. The second kappa shape index (κ2) is 12.6. The van der Waals surface area contributed by atoms with Crippen molar-refractivity contribution in [1.29, 1.82) is 0 Å². The van der Waals surface area contributed by atoms with Gasteiger partial charge in [-0.3, -0.25) is 19.4 Å². The predicted octanol–water partition coefficient (Wildman–Crippen LogP) is 3.57. The van der Waals surface area contributed by atoms with E-state index in [0.717, 1.165) is 16.7 Å². The Bertz CT molecular complexity index is 1580. The van der Waals surface area contributed by atoms with E-state index >= 15 is 0 Å². The zero-order valence-corrected chi connectivity index (χ0v) is 25.2. The first-order valence-electron chi connectivity index (χ1n) is 13.2. The summed E-state index contributed by atoms with van der Waals surface area (Å²) >= 11 is 12.3. The summed E-state index contributed by atoms with van der Waals surface area (Å²) in [6, 6.07) is 17.3. The van der Waals surface area contributed by atoms with Gasteiger partial charge in [0.1, 0.15) is 12.3 Å². The van der Waals surface area contributed by atoms with Crippen molar-refractivity contribution in [2.24, 2.45) is 5.14 Å². The second-order valence-electron chi connectivity index (χ2n) is 10.1. The third-order valence-electron chi connectivity index (χ3n) is 7.41. The number of ether oxygens (including phenoxy) is 2. The van der Waals surface area contributed by atoms with Gasteiger partial charge in [-0.05, 0) is 34.9 Å². The van der Waals surface area contributed by atoms with E-state index < -0.39 is 10.0 Å². The highest BCUT2D eigenvalue weighted by atomic mass is 35.5. The van der Waals surface area contributed by atoms with E-state index in [9.17, 15) is 18.0 Å². The van der Waals surface area contributed by atoms with Gasteiger partial charge in [-0.2, -0.15) is 0 Å². The summed E-state index contributed by atoms with van der Waals surface area (Å²) in [4.78, 5) is 31.5. The highest BCUT2D eigenvalue weighted by molar-refractivity contribution is 7.89. The van der Waals surface area contributed by atoms with Crippen LogP contribution >= 0.6 is 23.2 Å². The molecule has 10 nitrogen and oxygen atoms in total. The number of rotatable bonds is 8. The molecule has 0 radical (unpaired) electrons. The summed E-state index contributed by atoms with van der Waals surface area (Å²) in [5, 5.41) is 5.78. The summed E-state index contributed by atoms with van der Waals surface area (Å²) < 4.78 is 34.3. The Morgan fingerprint density at radius 3 is 2.21 bits per heavy atom. The van der Waals surface area contributed by atoms with Crippen LogP contribution in [0.3, 0.4) is 0 Å². The Morgan fingerprint density at radius 1 is 1.00 bits per heavy atom. The lowest BCUT2D eigenvalue weighted by Crippen LogP contribution is -2.48. The summed E-state index contributed by atoms with van der Waals surface area (Å²) in [7, 11) is -2.05. The van der Waals surface area contributed by atoms with Crippen LogP contribution in [0, 0.1) is 0 Å². The smallest absolute Gasteiger partial charge is 0.265 e. The van der Waals surface area contributed by atoms with Crippen LogP contribution in [-0.4, -0.2) is 83.1 Å². The zero-order chi connectivity index (χ0) is 30.0. The Kier molecular flexibility index (Phi) is 9.07. The van der Waals surface area contributed by atoms with Crippen LogP contribution in [0.1, 0.15) is 11.6 Å². The molecule has 0 spiro atoms. The molecule has 42 heavy (non-hydrogen) atoms. The molecule has 1 atom stereocenters. The molecule has 0 aliphatic carbocycles. The molecule has 5 rings (SSSR count). The fourth-order valence-electron chi connectivity index (χ4n) is 5.04. The van der Waals surface area contributed by atoms with Gasteiger partial charge >= 0.3 is 0 Å². The minimum absolute atomic E-state index is 0.0529. The van der Waals surface area contributed by atoms with Gasteiger partial charge in [0.25, 0.3) is 5.91 Å². The Hall–Kier alpha value is -3.19. The van der Waals surface area contributed by atoms with Crippen molar-refractivity contribution in [2.45, 2.75) is 10.9 Å². The second-order valence-corrected chi connectivity index (χ2v) is 12.5. The molecule has 0 aromatic heterocycles. The number of primary sulfonamides is 1. The first kappa shape index (κ1) is 30.3. The number of likely N-dealkylation sites (N-methyl/N-ethyl adjacent to an activating group) is 1. The van der Waals surface area contributed by atoms with Gasteiger partial charge in [0.05, 0.1) is 39.9 Å². The Balaban J connectivity index is 1.34. The van der Waals surface area contributed by atoms with Crippen molar-refractivity contribution in [3.63, 3.8) is 0 Å². The summed E-state index contributed by atoms with van der Waals surface area (Å²) in [6.45, 7) is 2.60. The molecule has 1 fully saturated rings. The number of hydrogen-bond acceptors (Lipinski definition) is 7. The third-order valence-corrected chi connectivity index (χ3v) is 9.06. The van der Waals surface area contributed by atoms with Crippen LogP contribution < -0.4 is 14.8 Å². The highest BCUT2D eigenvalue weighted by Gasteiger charge is 2.31. The lowest BCUT2D eigenvalue weighted by Gasteiger charge is -2.37.